The van der Waals surface area contributed by atoms with Crippen molar-refractivity contribution >= 4 is 40.2 Å². The molecule has 4 nitrogen and oxygen atoms in total. The largest absolute Gasteiger partial charge is 0.471 e. The first-order valence-corrected chi connectivity index (χ1v) is 9.26. The molecule has 0 spiro atoms. The molecule has 2 aromatic rings. The van der Waals surface area contributed by atoms with Gasteiger partial charge in [0.05, 0.1) is 10.7 Å². The highest BCUT2D eigenvalue weighted by atomic mass is 32.2. The topological polar surface area (TPSA) is 45.2 Å². The van der Waals surface area contributed by atoms with Gasteiger partial charge in [0.15, 0.2) is 5.13 Å². The number of thioether (sulfide) groups is 1. The molecule has 0 radical (unpaired) electrons. The van der Waals surface area contributed by atoms with Crippen molar-refractivity contribution in [1.82, 2.24) is 9.88 Å². The number of aromatic nitrogens is 1. The highest BCUT2D eigenvalue weighted by molar-refractivity contribution is 8.03. The molecular formula is C16H14F3N3OS2. The van der Waals surface area contributed by atoms with Gasteiger partial charge in [0, 0.05) is 24.2 Å². The van der Waals surface area contributed by atoms with Crippen molar-refractivity contribution in [2.75, 3.05) is 17.6 Å². The number of nitrogens with zero attached hydrogens (tertiary/aromatic N) is 2. The summed E-state index contributed by atoms with van der Waals surface area (Å²) >= 11 is 2.59. The predicted molar refractivity (Wildman–Crippen MR) is 94.1 cm³/mol. The fraction of sp³-hybridized carbons (Fsp3) is 0.250. The van der Waals surface area contributed by atoms with Crippen molar-refractivity contribution in [3.8, 4) is 0 Å². The van der Waals surface area contributed by atoms with E-state index in [-0.39, 0.29) is 11.6 Å². The molecule has 1 aliphatic heterocycles. The van der Waals surface area contributed by atoms with Crippen molar-refractivity contribution in [2.24, 2.45) is 0 Å². The molecular weight excluding hydrogens is 371 g/mol. The Labute approximate surface area is 150 Å². The molecule has 1 aromatic heterocycles. The third-order valence-electron chi connectivity index (χ3n) is 3.40. The van der Waals surface area contributed by atoms with Crippen molar-refractivity contribution < 1.29 is 18.0 Å². The molecule has 0 atom stereocenters. The summed E-state index contributed by atoms with van der Waals surface area (Å²) in [6.45, 7) is 0.663. The van der Waals surface area contributed by atoms with Gasteiger partial charge < -0.3 is 5.32 Å². The number of carbonyl (C=O) groups is 1. The van der Waals surface area contributed by atoms with E-state index in [1.807, 2.05) is 30.3 Å². The molecule has 0 saturated carbocycles. The summed E-state index contributed by atoms with van der Waals surface area (Å²) < 4.78 is 37.9. The van der Waals surface area contributed by atoms with Crippen LogP contribution in [0.25, 0.3) is 6.08 Å². The maximum atomic E-state index is 12.6. The lowest BCUT2D eigenvalue weighted by Gasteiger charge is -2.18. The van der Waals surface area contributed by atoms with Gasteiger partial charge in [-0.25, -0.2) is 4.98 Å². The van der Waals surface area contributed by atoms with E-state index in [1.165, 1.54) is 29.2 Å². The van der Waals surface area contributed by atoms with Gasteiger partial charge in [-0.2, -0.15) is 13.2 Å². The van der Waals surface area contributed by atoms with Crippen molar-refractivity contribution in [3.05, 3.63) is 52.0 Å². The first-order valence-electron chi connectivity index (χ1n) is 7.40. The summed E-state index contributed by atoms with van der Waals surface area (Å²) in [5, 5.41) is 5.87. The molecule has 1 N–H and O–H groups in total. The monoisotopic (exact) mass is 385 g/mol. The average molecular weight is 385 g/mol. The molecule has 3 rings (SSSR count). The van der Waals surface area contributed by atoms with Crippen molar-refractivity contribution in [2.45, 2.75) is 12.7 Å². The minimum absolute atomic E-state index is 0.0537. The Bertz CT molecular complexity index is 774. The number of alkyl halides is 3. The van der Waals surface area contributed by atoms with E-state index in [0.29, 0.717) is 23.1 Å². The normalized spacial score (nSPS) is 16.4. The number of hydrogen-bond donors (Lipinski definition) is 1. The maximum absolute atomic E-state index is 12.6. The number of rotatable bonds is 4. The number of halogens is 3. The predicted octanol–water partition coefficient (Wildman–Crippen LogP) is 4.19. The molecule has 0 bridgehead atoms. The Kier molecular flexibility index (Phi) is 5.33. The molecule has 1 amide bonds. The van der Waals surface area contributed by atoms with E-state index in [9.17, 15) is 18.0 Å². The van der Waals surface area contributed by atoms with Crippen LogP contribution >= 0.6 is 23.1 Å². The molecule has 2 heterocycles. The van der Waals surface area contributed by atoms with Gasteiger partial charge in [0.2, 0.25) is 0 Å². The molecule has 1 aliphatic rings. The van der Waals surface area contributed by atoms with Crippen LogP contribution in [0.1, 0.15) is 11.3 Å². The Hall–Kier alpha value is -2.00. The second kappa shape index (κ2) is 7.49. The number of benzene rings is 1. The van der Waals surface area contributed by atoms with Crippen LogP contribution in [-0.2, 0) is 11.3 Å². The van der Waals surface area contributed by atoms with E-state index >= 15 is 0 Å². The minimum Gasteiger partial charge on any atom is -0.357 e. The molecule has 0 unspecified atom stereocenters. The lowest BCUT2D eigenvalue weighted by molar-refractivity contribution is -0.182. The Morgan fingerprint density at radius 3 is 2.80 bits per heavy atom. The van der Waals surface area contributed by atoms with Gasteiger partial charge in [0.25, 0.3) is 0 Å². The standard InChI is InChI=1S/C16H14F3N3OS2/c17-16(18,19)14(23)22-6-7-24-13(22)8-12-10-25-15(21-12)20-9-11-4-2-1-3-5-11/h1-5,8,10H,6-7,9H2,(H,20,21)/b13-8+. The second-order valence-corrected chi connectivity index (χ2v) is 7.18. The molecule has 1 aromatic carbocycles. The van der Waals surface area contributed by atoms with Crippen LogP contribution in [0.3, 0.4) is 0 Å². The van der Waals surface area contributed by atoms with E-state index in [2.05, 4.69) is 10.3 Å². The summed E-state index contributed by atoms with van der Waals surface area (Å²) in [6.07, 6.45) is -3.35. The quantitative estimate of drug-likeness (QED) is 0.857. The minimum atomic E-state index is -4.87. The first-order chi connectivity index (χ1) is 11.9. The first kappa shape index (κ1) is 17.8. The van der Waals surface area contributed by atoms with Crippen LogP contribution < -0.4 is 5.32 Å². The van der Waals surface area contributed by atoms with Crippen LogP contribution in [0, 0.1) is 0 Å². The number of anilines is 1. The Balaban J connectivity index is 1.67. The summed E-state index contributed by atoms with van der Waals surface area (Å²) in [6, 6.07) is 9.79. The van der Waals surface area contributed by atoms with Crippen LogP contribution in [0.4, 0.5) is 18.3 Å². The van der Waals surface area contributed by atoms with Gasteiger partial charge in [0.1, 0.15) is 0 Å². The van der Waals surface area contributed by atoms with Crippen LogP contribution in [0.2, 0.25) is 0 Å². The zero-order valence-corrected chi connectivity index (χ0v) is 14.5. The van der Waals surface area contributed by atoms with E-state index < -0.39 is 12.1 Å². The zero-order chi connectivity index (χ0) is 17.9. The third kappa shape index (κ3) is 4.55. The van der Waals surface area contributed by atoms with Crippen molar-refractivity contribution in [3.63, 3.8) is 0 Å². The molecule has 25 heavy (non-hydrogen) atoms. The van der Waals surface area contributed by atoms with Gasteiger partial charge in [-0.05, 0) is 11.6 Å². The number of nitrogens with one attached hydrogen (secondary N) is 1. The van der Waals surface area contributed by atoms with Crippen LogP contribution in [0.15, 0.2) is 40.7 Å². The number of thiazole rings is 1. The molecule has 132 valence electrons. The smallest absolute Gasteiger partial charge is 0.357 e. The van der Waals surface area contributed by atoms with E-state index in [0.717, 1.165) is 10.5 Å². The fourth-order valence-electron chi connectivity index (χ4n) is 2.24. The molecule has 1 saturated heterocycles. The highest BCUT2D eigenvalue weighted by Gasteiger charge is 2.44. The number of carbonyl (C=O) groups excluding carboxylic acids is 1. The molecule has 1 fully saturated rings. The molecule has 9 heteroatoms. The molecule has 0 aliphatic carbocycles. The average Bonchev–Trinajstić information content (AvgIpc) is 3.22. The van der Waals surface area contributed by atoms with Gasteiger partial charge >= 0.3 is 12.1 Å². The van der Waals surface area contributed by atoms with Gasteiger partial charge in [-0.15, -0.1) is 23.1 Å². The van der Waals surface area contributed by atoms with E-state index in [4.69, 9.17) is 0 Å². The van der Waals surface area contributed by atoms with E-state index in [1.54, 1.807) is 5.38 Å². The summed E-state index contributed by atoms with van der Waals surface area (Å²) in [5.41, 5.74) is 1.64. The number of hydrogen-bond acceptors (Lipinski definition) is 5. The summed E-state index contributed by atoms with van der Waals surface area (Å²) in [4.78, 5) is 16.6. The van der Waals surface area contributed by atoms with Gasteiger partial charge in [-0.3, -0.25) is 9.69 Å². The summed E-state index contributed by atoms with van der Waals surface area (Å²) in [5.74, 6) is -1.39. The lowest BCUT2D eigenvalue weighted by atomic mass is 10.2. The SMILES string of the molecule is O=C(N1CCS/C1=C/c1csc(NCc2ccccc2)n1)C(F)(F)F. The summed E-state index contributed by atoms with van der Waals surface area (Å²) in [7, 11) is 0. The second-order valence-electron chi connectivity index (χ2n) is 5.20. The van der Waals surface area contributed by atoms with Crippen molar-refractivity contribution in [1.29, 1.82) is 0 Å². The number of amides is 1. The highest BCUT2D eigenvalue weighted by Crippen LogP contribution is 2.34. The van der Waals surface area contributed by atoms with Crippen LogP contribution in [-0.4, -0.2) is 34.3 Å². The fourth-order valence-corrected chi connectivity index (χ4v) is 3.92. The Morgan fingerprint density at radius 2 is 2.08 bits per heavy atom. The lowest BCUT2D eigenvalue weighted by Crippen LogP contribution is -2.38. The third-order valence-corrected chi connectivity index (χ3v) is 5.24. The Morgan fingerprint density at radius 1 is 1.32 bits per heavy atom. The van der Waals surface area contributed by atoms with Crippen LogP contribution in [0.5, 0.6) is 0 Å². The zero-order valence-electron chi connectivity index (χ0n) is 12.9. The maximum Gasteiger partial charge on any atom is 0.471 e. The van der Waals surface area contributed by atoms with Gasteiger partial charge in [-0.1, -0.05) is 30.3 Å².